The predicted molar refractivity (Wildman–Crippen MR) is 251 cm³/mol. The Labute approximate surface area is 371 Å². The third-order valence-electron chi connectivity index (χ3n) is 12.5. The van der Waals surface area contributed by atoms with Gasteiger partial charge < -0.3 is 14.0 Å². The highest BCUT2D eigenvalue weighted by Gasteiger charge is 2.44. The lowest BCUT2D eigenvalue weighted by atomic mass is 9.74. The lowest BCUT2D eigenvalue weighted by molar-refractivity contribution is 0.888. The molecule has 0 N–H and O–H groups in total. The van der Waals surface area contributed by atoms with Crippen LogP contribution in [0, 0.1) is 22.7 Å². The molecule has 2 aliphatic heterocycles. The van der Waals surface area contributed by atoms with Gasteiger partial charge in [0.05, 0.1) is 58.5 Å². The highest BCUT2D eigenvalue weighted by atomic mass is 15.2. The zero-order chi connectivity index (χ0) is 49.8. The van der Waals surface area contributed by atoms with Crippen LogP contribution in [0.25, 0.3) is 77.2 Å². The number of fused-ring (bicyclic) bond motifs is 10. The Morgan fingerprint density at radius 3 is 1.69 bits per heavy atom. The molecule has 286 valence electrons. The average molecular weight is 798 g/mol. The van der Waals surface area contributed by atoms with Crippen LogP contribution in [0.3, 0.4) is 0 Å². The van der Waals surface area contributed by atoms with E-state index in [1.165, 1.54) is 0 Å². The molecule has 0 bridgehead atoms. The van der Waals surface area contributed by atoms with Crippen molar-refractivity contribution in [2.24, 2.45) is 0 Å². The van der Waals surface area contributed by atoms with Crippen molar-refractivity contribution in [1.82, 2.24) is 9.13 Å². The molecule has 0 saturated carbocycles. The first-order chi connectivity index (χ1) is 34.9. The Kier molecular flexibility index (Phi) is 5.37. The number of para-hydroxylation sites is 4. The summed E-state index contributed by atoms with van der Waals surface area (Å²) in [6.07, 6.45) is 0. The third-order valence-corrected chi connectivity index (χ3v) is 12.5. The second-order valence-corrected chi connectivity index (χ2v) is 15.5. The van der Waals surface area contributed by atoms with Crippen molar-refractivity contribution < 1.29 is 13.7 Å². The van der Waals surface area contributed by atoms with E-state index >= 15 is 0 Å². The molecule has 2 aliphatic rings. The molecule has 4 heterocycles. The van der Waals surface area contributed by atoms with Crippen molar-refractivity contribution in [2.45, 2.75) is 5.92 Å². The minimum atomic E-state index is -0.538. The topological polar surface area (TPSA) is 60.7 Å². The molecule has 13 rings (SSSR count). The summed E-state index contributed by atoms with van der Waals surface area (Å²) in [5.74, 6) is -0.405. The van der Waals surface area contributed by atoms with Crippen LogP contribution < -0.4 is 4.90 Å². The van der Waals surface area contributed by atoms with Crippen molar-refractivity contribution in [1.29, 1.82) is 10.5 Å². The van der Waals surface area contributed by atoms with E-state index in [2.05, 4.69) is 58.0 Å². The van der Waals surface area contributed by atoms with Gasteiger partial charge in [0, 0.05) is 38.7 Å². The van der Waals surface area contributed by atoms with Gasteiger partial charge in [-0.25, -0.2) is 0 Å². The van der Waals surface area contributed by atoms with Crippen molar-refractivity contribution >= 4 is 60.7 Å². The minimum absolute atomic E-state index is 0.0374. The molecule has 1 atom stereocenters. The Balaban J connectivity index is 1.24. The molecule has 62 heavy (non-hydrogen) atoms. The molecule has 11 aromatic rings. The van der Waals surface area contributed by atoms with Gasteiger partial charge >= 0.3 is 0 Å². The summed E-state index contributed by atoms with van der Waals surface area (Å²) in [5.41, 5.74) is 9.59. The van der Waals surface area contributed by atoms with E-state index in [0.717, 1.165) is 49.9 Å². The first kappa shape index (κ1) is 25.8. The van der Waals surface area contributed by atoms with Crippen LogP contribution in [0.5, 0.6) is 0 Å². The highest BCUT2D eigenvalue weighted by molar-refractivity contribution is 6.15. The molecule has 0 radical (unpaired) electrons. The number of nitrogens with zero attached hydrogens (tertiary/aromatic N) is 5. The SMILES string of the molecule is [2H]c1c([2H])c([2H])c(-c2ccc3c(c2)c2cc(-c4c([2H])c([2H])c([2H])c([2H])c4[2H])ccc2n3-c2c(C#N)c3c4c(c2C#N)-n2c5ccccc5c5cccc(c52)C4c2ccccc2N3c2ccccc2)c([2H])c1[2H]. The molecular formula is C57H33N5. The van der Waals surface area contributed by atoms with E-state index in [0.29, 0.717) is 44.3 Å². The van der Waals surface area contributed by atoms with Crippen LogP contribution in [0.4, 0.5) is 17.1 Å². The van der Waals surface area contributed by atoms with Gasteiger partial charge in [-0.2, -0.15) is 10.5 Å². The van der Waals surface area contributed by atoms with Crippen molar-refractivity contribution in [3.8, 4) is 45.8 Å². The molecular weight excluding hydrogens is 755 g/mol. The predicted octanol–water partition coefficient (Wildman–Crippen LogP) is 14.2. The van der Waals surface area contributed by atoms with Crippen molar-refractivity contribution in [2.75, 3.05) is 4.90 Å². The van der Waals surface area contributed by atoms with Crippen LogP contribution in [0.15, 0.2) is 194 Å². The Bertz CT molecular complexity index is 4210. The van der Waals surface area contributed by atoms with Crippen LogP contribution in [0.2, 0.25) is 0 Å². The standard InChI is InChI=1S/C57H33N5/c58-33-46-55(61-50-29-27-37(35-15-4-1-5-16-35)31-44(50)45-32-38(28-30-51(45)61)36-17-6-2-7-18-36)47(34-59)57-53-52(43-24-14-23-41-40-21-10-12-25-48(40)62(57)54(41)43)42-22-11-13-26-49(42)60(56(46)53)39-19-8-3-9-20-39/h1-32,52H/i1D,2D,4D,5D,6D,7D,15D,16D,17D,18D. The minimum Gasteiger partial charge on any atom is -0.308 e. The van der Waals surface area contributed by atoms with E-state index in [-0.39, 0.29) is 27.9 Å². The van der Waals surface area contributed by atoms with E-state index < -0.39 is 66.3 Å². The van der Waals surface area contributed by atoms with Crippen LogP contribution in [-0.2, 0) is 0 Å². The lowest BCUT2D eigenvalue weighted by Crippen LogP contribution is -2.29. The number of anilines is 3. The summed E-state index contributed by atoms with van der Waals surface area (Å²) < 4.78 is 90.4. The van der Waals surface area contributed by atoms with Gasteiger partial charge in [0.2, 0.25) is 0 Å². The monoisotopic (exact) mass is 797 g/mol. The summed E-state index contributed by atoms with van der Waals surface area (Å²) in [6.45, 7) is 0. The summed E-state index contributed by atoms with van der Waals surface area (Å²) in [7, 11) is 0. The fraction of sp³-hybridized carbons (Fsp3) is 0.0175. The fourth-order valence-corrected chi connectivity index (χ4v) is 10.2. The van der Waals surface area contributed by atoms with E-state index in [9.17, 15) is 10.5 Å². The molecule has 0 saturated heterocycles. The van der Waals surface area contributed by atoms with Gasteiger partial charge in [-0.15, -0.1) is 0 Å². The van der Waals surface area contributed by atoms with Crippen molar-refractivity contribution in [3.05, 3.63) is 222 Å². The Hall–Kier alpha value is -8.64. The maximum Gasteiger partial charge on any atom is 0.104 e. The Morgan fingerprint density at radius 2 is 1.02 bits per heavy atom. The van der Waals surface area contributed by atoms with Crippen LogP contribution in [0.1, 0.15) is 47.4 Å². The largest absolute Gasteiger partial charge is 0.308 e. The zero-order valence-electron chi connectivity index (χ0n) is 42.5. The molecule has 0 fully saturated rings. The zero-order valence-corrected chi connectivity index (χ0v) is 32.5. The van der Waals surface area contributed by atoms with Crippen LogP contribution >= 0.6 is 0 Å². The fourth-order valence-electron chi connectivity index (χ4n) is 10.2. The highest BCUT2D eigenvalue weighted by Crippen LogP contribution is 2.60. The first-order valence-corrected chi connectivity index (χ1v) is 20.1. The second-order valence-electron chi connectivity index (χ2n) is 15.5. The molecule has 0 spiro atoms. The van der Waals surface area contributed by atoms with Crippen molar-refractivity contribution in [3.63, 3.8) is 0 Å². The summed E-state index contributed by atoms with van der Waals surface area (Å²) in [4.78, 5) is 2.10. The Morgan fingerprint density at radius 1 is 0.452 bits per heavy atom. The third kappa shape index (κ3) is 4.54. The van der Waals surface area contributed by atoms with E-state index in [1.54, 1.807) is 36.4 Å². The molecule has 1 unspecified atom stereocenters. The van der Waals surface area contributed by atoms with Gasteiger partial charge in [-0.3, -0.25) is 0 Å². The maximum atomic E-state index is 12.0. The molecule has 9 aromatic carbocycles. The first-order valence-electron chi connectivity index (χ1n) is 25.1. The molecule has 2 aromatic heterocycles. The number of hydrogen-bond donors (Lipinski definition) is 0. The normalized spacial score (nSPS) is 15.8. The number of aromatic nitrogens is 2. The molecule has 0 aliphatic carbocycles. The molecule has 5 heteroatoms. The average Bonchev–Trinajstić information content (AvgIpc) is 3.92. The quantitative estimate of drug-likeness (QED) is 0.178. The van der Waals surface area contributed by atoms with Gasteiger partial charge in [0.1, 0.15) is 23.3 Å². The van der Waals surface area contributed by atoms with Gasteiger partial charge in [-0.1, -0.05) is 145 Å². The van der Waals surface area contributed by atoms with Crippen LogP contribution in [-0.4, -0.2) is 9.13 Å². The number of benzene rings is 9. The maximum absolute atomic E-state index is 12.0. The molecule has 5 nitrogen and oxygen atoms in total. The smallest absolute Gasteiger partial charge is 0.104 e. The van der Waals surface area contributed by atoms with Gasteiger partial charge in [0.25, 0.3) is 0 Å². The van der Waals surface area contributed by atoms with E-state index in [1.807, 2.05) is 65.2 Å². The number of hydrogen-bond acceptors (Lipinski definition) is 3. The number of rotatable bonds is 4. The number of nitriles is 2. The summed E-state index contributed by atoms with van der Waals surface area (Å²) >= 11 is 0. The summed E-state index contributed by atoms with van der Waals surface area (Å²) in [5, 5.41) is 26.9. The summed E-state index contributed by atoms with van der Waals surface area (Å²) in [6, 6.07) is 43.1. The van der Waals surface area contributed by atoms with Gasteiger partial charge in [-0.05, 0) is 81.9 Å². The van der Waals surface area contributed by atoms with Gasteiger partial charge in [0.15, 0.2) is 0 Å². The second kappa shape index (κ2) is 12.9. The lowest BCUT2D eigenvalue weighted by Gasteiger charge is -2.42. The van der Waals surface area contributed by atoms with E-state index in [4.69, 9.17) is 13.7 Å². The molecule has 0 amide bonds.